The minimum absolute atomic E-state index is 0.515. The summed E-state index contributed by atoms with van der Waals surface area (Å²) in [7, 11) is 0. The van der Waals surface area contributed by atoms with Crippen LogP contribution >= 0.6 is 0 Å². The van der Waals surface area contributed by atoms with Crippen molar-refractivity contribution in [3.63, 3.8) is 0 Å². The first kappa shape index (κ1) is 33.5. The molecule has 7 rings (SSSR count). The van der Waals surface area contributed by atoms with Gasteiger partial charge in [-0.3, -0.25) is 9.88 Å². The van der Waals surface area contributed by atoms with E-state index in [0.717, 1.165) is 82.2 Å². The van der Waals surface area contributed by atoms with E-state index in [9.17, 15) is 5.26 Å². The maximum absolute atomic E-state index is 9.99. The zero-order chi connectivity index (χ0) is 34.6. The smallest absolute Gasteiger partial charge is 0.227 e. The fraction of sp³-hybridized carbons (Fsp3) is 0.326. The Morgan fingerprint density at radius 2 is 1.72 bits per heavy atom. The molecule has 0 radical (unpaired) electrons. The molecule has 1 saturated heterocycles. The van der Waals surface area contributed by atoms with Gasteiger partial charge in [0, 0.05) is 42.1 Å². The third-order valence-electron chi connectivity index (χ3n) is 10.3. The quantitative estimate of drug-likeness (QED) is 0.146. The molecule has 0 bridgehead atoms. The molecule has 0 atom stereocenters. The standard InChI is InChI=1S/C43H46N6O/c1-5-12-33-22-32(27-49-19-8-9-20-49)26-46-41(33)30(4)47-39-18-11-16-37(29(39)3)36-15-10-17-38(28(36)2)43-48-40-23-31(21-34(24-44)42(40)50-43)25-45-35-13-6-7-14-35/h5,10-12,15-18,21-23,26,35,45,47H,4,6-9,13-14,19-20,25,27H2,1-3H3/b12-5-. The van der Waals surface area contributed by atoms with Gasteiger partial charge in [-0.1, -0.05) is 55.8 Å². The lowest BCUT2D eigenvalue weighted by molar-refractivity contribution is 0.331. The van der Waals surface area contributed by atoms with Gasteiger partial charge < -0.3 is 15.1 Å². The van der Waals surface area contributed by atoms with Gasteiger partial charge in [-0.15, -0.1) is 0 Å². The van der Waals surface area contributed by atoms with Gasteiger partial charge in [-0.05, 0) is 123 Å². The van der Waals surface area contributed by atoms with Crippen molar-refractivity contribution in [3.05, 3.63) is 113 Å². The first-order valence-corrected chi connectivity index (χ1v) is 18.0. The molecular weight excluding hydrogens is 617 g/mol. The zero-order valence-corrected chi connectivity index (χ0v) is 29.5. The lowest BCUT2D eigenvalue weighted by Gasteiger charge is -2.19. The molecule has 0 spiro atoms. The van der Waals surface area contributed by atoms with Gasteiger partial charge in [0.2, 0.25) is 5.89 Å². The van der Waals surface area contributed by atoms with Crippen molar-refractivity contribution in [2.24, 2.45) is 0 Å². The average molecular weight is 663 g/mol. The highest BCUT2D eigenvalue weighted by Gasteiger charge is 2.20. The van der Waals surface area contributed by atoms with E-state index < -0.39 is 0 Å². The topological polar surface area (TPSA) is 90.0 Å². The molecule has 7 heteroatoms. The van der Waals surface area contributed by atoms with E-state index in [1.54, 1.807) is 0 Å². The van der Waals surface area contributed by atoms with Crippen LogP contribution in [0.4, 0.5) is 5.69 Å². The van der Waals surface area contributed by atoms with Crippen molar-refractivity contribution >= 4 is 28.6 Å². The van der Waals surface area contributed by atoms with Crippen LogP contribution in [0, 0.1) is 25.2 Å². The number of oxazole rings is 1. The van der Waals surface area contributed by atoms with Crippen LogP contribution in [0.25, 0.3) is 45.5 Å². The van der Waals surface area contributed by atoms with Crippen molar-refractivity contribution in [1.82, 2.24) is 20.2 Å². The third kappa shape index (κ3) is 7.00. The number of hydrogen-bond acceptors (Lipinski definition) is 7. The number of likely N-dealkylation sites (tertiary alicyclic amines) is 1. The van der Waals surface area contributed by atoms with Crippen molar-refractivity contribution in [2.75, 3.05) is 18.4 Å². The number of hydrogen-bond donors (Lipinski definition) is 2. The Bertz CT molecular complexity index is 2110. The highest BCUT2D eigenvalue weighted by Crippen LogP contribution is 2.37. The van der Waals surface area contributed by atoms with Crippen LogP contribution in [-0.4, -0.2) is 34.0 Å². The van der Waals surface area contributed by atoms with Crippen LogP contribution < -0.4 is 10.6 Å². The summed E-state index contributed by atoms with van der Waals surface area (Å²) in [5.74, 6) is 0.521. The number of nitrogens with one attached hydrogen (secondary N) is 2. The molecule has 1 aliphatic carbocycles. The molecule has 3 aromatic carbocycles. The van der Waals surface area contributed by atoms with Crippen molar-refractivity contribution in [2.45, 2.75) is 78.4 Å². The third-order valence-corrected chi connectivity index (χ3v) is 10.3. The number of nitrogens with zero attached hydrogens (tertiary/aromatic N) is 4. The SMILES string of the molecule is C=C(Nc1cccc(-c2cccc(-c3nc4cc(CNC5CCCC5)cc(C#N)c4o3)c2C)c1C)c1ncc(CN2CCCC2)cc1/C=C\C. The van der Waals surface area contributed by atoms with Gasteiger partial charge in [0.25, 0.3) is 0 Å². The molecule has 3 heterocycles. The van der Waals surface area contributed by atoms with Crippen molar-refractivity contribution in [3.8, 4) is 28.7 Å². The molecule has 1 aliphatic heterocycles. The maximum atomic E-state index is 9.99. The van der Waals surface area contributed by atoms with Crippen LogP contribution in [0.2, 0.25) is 0 Å². The molecule has 1 saturated carbocycles. The number of benzene rings is 3. The fourth-order valence-electron chi connectivity index (χ4n) is 7.60. The van der Waals surface area contributed by atoms with Crippen molar-refractivity contribution < 1.29 is 4.42 Å². The predicted molar refractivity (Wildman–Crippen MR) is 204 cm³/mol. The molecule has 2 N–H and O–H groups in total. The van der Waals surface area contributed by atoms with Gasteiger partial charge in [0.1, 0.15) is 11.6 Å². The van der Waals surface area contributed by atoms with Crippen LogP contribution in [0.15, 0.2) is 77.9 Å². The Hall–Kier alpha value is -5.03. The Labute approximate surface area is 295 Å². The van der Waals surface area contributed by atoms with E-state index >= 15 is 0 Å². The molecule has 0 unspecified atom stereocenters. The first-order chi connectivity index (χ1) is 24.4. The summed E-state index contributed by atoms with van der Waals surface area (Å²) in [6.07, 6.45) is 13.7. The van der Waals surface area contributed by atoms with E-state index in [2.05, 4.69) is 84.5 Å². The molecule has 5 aromatic rings. The summed E-state index contributed by atoms with van der Waals surface area (Å²) in [5, 5.41) is 17.2. The second kappa shape index (κ2) is 14.8. The van der Waals surface area contributed by atoms with Crippen LogP contribution in [-0.2, 0) is 13.1 Å². The molecular formula is C43H46N6O. The molecule has 7 nitrogen and oxygen atoms in total. The summed E-state index contributed by atoms with van der Waals surface area (Å²) in [6.45, 7) is 14.7. The minimum Gasteiger partial charge on any atom is -0.435 e. The number of aromatic nitrogens is 2. The summed E-state index contributed by atoms with van der Waals surface area (Å²) in [4.78, 5) is 12.3. The van der Waals surface area contributed by atoms with E-state index in [0.29, 0.717) is 28.6 Å². The highest BCUT2D eigenvalue weighted by molar-refractivity contribution is 5.87. The Balaban J connectivity index is 1.15. The number of pyridine rings is 1. The van der Waals surface area contributed by atoms with Crippen LogP contribution in [0.1, 0.15) is 84.5 Å². The van der Waals surface area contributed by atoms with Crippen molar-refractivity contribution in [1.29, 1.82) is 5.26 Å². The molecule has 50 heavy (non-hydrogen) atoms. The first-order valence-electron chi connectivity index (χ1n) is 18.0. The molecule has 0 amide bonds. The molecule has 254 valence electrons. The summed E-state index contributed by atoms with van der Waals surface area (Å²) in [5.41, 5.74) is 13.0. The zero-order valence-electron chi connectivity index (χ0n) is 29.5. The number of fused-ring (bicyclic) bond motifs is 1. The second-order valence-corrected chi connectivity index (χ2v) is 13.8. The lowest BCUT2D eigenvalue weighted by atomic mass is 9.92. The lowest BCUT2D eigenvalue weighted by Crippen LogP contribution is -2.25. The average Bonchev–Trinajstić information content (AvgIpc) is 3.92. The Kier molecular flexibility index (Phi) is 9.93. The molecule has 2 aliphatic rings. The van der Waals surface area contributed by atoms with E-state index in [4.69, 9.17) is 14.4 Å². The van der Waals surface area contributed by atoms with Gasteiger partial charge in [-0.2, -0.15) is 5.26 Å². The van der Waals surface area contributed by atoms with Gasteiger partial charge in [0.15, 0.2) is 5.58 Å². The summed E-state index contributed by atoms with van der Waals surface area (Å²) >= 11 is 0. The Morgan fingerprint density at radius 1 is 0.980 bits per heavy atom. The van der Waals surface area contributed by atoms with Gasteiger partial charge in [-0.25, -0.2) is 4.98 Å². The van der Waals surface area contributed by atoms with E-state index in [-0.39, 0.29) is 0 Å². The van der Waals surface area contributed by atoms with E-state index in [1.807, 2.05) is 37.4 Å². The number of rotatable bonds is 11. The summed E-state index contributed by atoms with van der Waals surface area (Å²) in [6, 6.07) is 21.6. The molecule has 2 aromatic heterocycles. The maximum Gasteiger partial charge on any atom is 0.227 e. The number of allylic oxidation sites excluding steroid dienone is 1. The van der Waals surface area contributed by atoms with E-state index in [1.165, 1.54) is 44.1 Å². The van der Waals surface area contributed by atoms with Crippen LogP contribution in [0.5, 0.6) is 0 Å². The normalized spacial score (nSPS) is 15.3. The summed E-state index contributed by atoms with van der Waals surface area (Å²) < 4.78 is 6.32. The fourth-order valence-corrected chi connectivity index (χ4v) is 7.60. The minimum atomic E-state index is 0.515. The molecule has 2 fully saturated rings. The van der Waals surface area contributed by atoms with Gasteiger partial charge >= 0.3 is 0 Å². The largest absolute Gasteiger partial charge is 0.435 e. The van der Waals surface area contributed by atoms with Crippen LogP contribution in [0.3, 0.4) is 0 Å². The highest BCUT2D eigenvalue weighted by atomic mass is 16.3. The number of anilines is 1. The number of nitriles is 1. The Morgan fingerprint density at radius 3 is 2.48 bits per heavy atom. The monoisotopic (exact) mass is 662 g/mol. The van der Waals surface area contributed by atoms with Gasteiger partial charge in [0.05, 0.1) is 17.0 Å². The predicted octanol–water partition coefficient (Wildman–Crippen LogP) is 9.79. The second-order valence-electron chi connectivity index (χ2n) is 13.8.